The van der Waals surface area contributed by atoms with E-state index in [1.165, 1.54) is 31.4 Å². The lowest BCUT2D eigenvalue weighted by molar-refractivity contribution is 0.00578. The molecule has 3 rings (SSSR count). The van der Waals surface area contributed by atoms with Gasteiger partial charge in [-0.2, -0.15) is 0 Å². The zero-order valence-corrected chi connectivity index (χ0v) is 13.9. The van der Waals surface area contributed by atoms with E-state index >= 15 is 0 Å². The molecule has 0 amide bonds. The van der Waals surface area contributed by atoms with Crippen LogP contribution in [0.5, 0.6) is 0 Å². The van der Waals surface area contributed by atoms with Gasteiger partial charge in [-0.1, -0.05) is 12.8 Å². The van der Waals surface area contributed by atoms with Crippen LogP contribution in [0.25, 0.3) is 0 Å². The number of nitrogens with zero attached hydrogens (tertiary/aromatic N) is 1. The van der Waals surface area contributed by atoms with Crippen molar-refractivity contribution in [2.45, 2.75) is 77.4 Å². The van der Waals surface area contributed by atoms with Gasteiger partial charge < -0.3 is 9.31 Å². The Balaban J connectivity index is 1.90. The van der Waals surface area contributed by atoms with E-state index in [1.807, 2.05) is 6.20 Å². The van der Waals surface area contributed by atoms with Crippen LogP contribution in [-0.2, 0) is 9.31 Å². The van der Waals surface area contributed by atoms with E-state index in [9.17, 15) is 0 Å². The Hall–Kier alpha value is -0.865. The molecule has 2 fully saturated rings. The quantitative estimate of drug-likeness (QED) is 0.782. The second-order valence-electron chi connectivity index (χ2n) is 7.54. The number of rotatable bonds is 2. The molecule has 0 atom stereocenters. The number of pyridine rings is 1. The highest BCUT2D eigenvalue weighted by Crippen LogP contribution is 2.37. The van der Waals surface area contributed by atoms with Gasteiger partial charge in [0, 0.05) is 17.8 Å². The molecule has 1 aromatic rings. The maximum atomic E-state index is 6.20. The van der Waals surface area contributed by atoms with Crippen molar-refractivity contribution in [3.05, 3.63) is 23.5 Å². The van der Waals surface area contributed by atoms with Crippen molar-refractivity contribution in [2.24, 2.45) is 0 Å². The van der Waals surface area contributed by atoms with Crippen molar-refractivity contribution in [1.29, 1.82) is 0 Å². The summed E-state index contributed by atoms with van der Waals surface area (Å²) >= 11 is 0. The summed E-state index contributed by atoms with van der Waals surface area (Å²) < 4.78 is 12.4. The Morgan fingerprint density at radius 1 is 1.10 bits per heavy atom. The van der Waals surface area contributed by atoms with E-state index in [4.69, 9.17) is 9.31 Å². The highest BCUT2D eigenvalue weighted by Gasteiger charge is 2.52. The maximum Gasteiger partial charge on any atom is 0.495 e. The first kappa shape index (κ1) is 15.0. The topological polar surface area (TPSA) is 31.4 Å². The lowest BCUT2D eigenvalue weighted by Gasteiger charge is -2.32. The van der Waals surface area contributed by atoms with Crippen molar-refractivity contribution in [1.82, 2.24) is 4.98 Å². The van der Waals surface area contributed by atoms with Gasteiger partial charge in [0.05, 0.1) is 11.2 Å². The van der Waals surface area contributed by atoms with Crippen LogP contribution in [0, 0.1) is 6.92 Å². The normalized spacial score (nSPS) is 24.7. The molecule has 21 heavy (non-hydrogen) atoms. The lowest BCUT2D eigenvalue weighted by atomic mass is 9.76. The Bertz CT molecular complexity index is 520. The molecule has 1 saturated carbocycles. The van der Waals surface area contributed by atoms with Gasteiger partial charge in [-0.3, -0.25) is 4.98 Å². The summed E-state index contributed by atoms with van der Waals surface area (Å²) in [7, 11) is -0.279. The van der Waals surface area contributed by atoms with Crippen LogP contribution in [0.3, 0.4) is 0 Å². The highest BCUT2D eigenvalue weighted by atomic mass is 16.7. The van der Waals surface area contributed by atoms with Crippen molar-refractivity contribution >= 4 is 12.6 Å². The van der Waals surface area contributed by atoms with E-state index in [1.54, 1.807) is 0 Å². The van der Waals surface area contributed by atoms with E-state index in [2.05, 4.69) is 45.7 Å². The average Bonchev–Trinajstić information content (AvgIpc) is 2.97. The summed E-state index contributed by atoms with van der Waals surface area (Å²) in [5.41, 5.74) is 2.92. The molecule has 2 heterocycles. The molecule has 4 heteroatoms. The van der Waals surface area contributed by atoms with Gasteiger partial charge in [-0.05, 0) is 64.6 Å². The number of aromatic nitrogens is 1. The third-order valence-corrected chi connectivity index (χ3v) is 5.45. The molecule has 1 aliphatic carbocycles. The predicted molar refractivity (Wildman–Crippen MR) is 85.9 cm³/mol. The largest absolute Gasteiger partial charge is 0.495 e. The Morgan fingerprint density at radius 3 is 2.24 bits per heavy atom. The van der Waals surface area contributed by atoms with Gasteiger partial charge in [-0.15, -0.1) is 0 Å². The first-order valence-electron chi connectivity index (χ1n) is 8.12. The predicted octanol–water partition coefficient (Wildman–Crippen LogP) is 3.35. The van der Waals surface area contributed by atoms with Crippen molar-refractivity contribution in [3.8, 4) is 0 Å². The average molecular weight is 287 g/mol. The monoisotopic (exact) mass is 287 g/mol. The SMILES string of the molecule is Cc1cnc(C2CCCC2)cc1B1OC(C)(C)C(C)(C)O1. The zero-order chi connectivity index (χ0) is 15.3. The summed E-state index contributed by atoms with van der Waals surface area (Å²) in [4.78, 5) is 4.65. The molecule has 1 aromatic heterocycles. The van der Waals surface area contributed by atoms with Gasteiger partial charge in [-0.25, -0.2) is 0 Å². The fourth-order valence-corrected chi connectivity index (χ4v) is 3.23. The minimum absolute atomic E-state index is 0.279. The molecule has 114 valence electrons. The van der Waals surface area contributed by atoms with E-state index in [-0.39, 0.29) is 18.3 Å². The Labute approximate surface area is 128 Å². The fourth-order valence-electron chi connectivity index (χ4n) is 3.23. The smallest absolute Gasteiger partial charge is 0.399 e. The number of aryl methyl sites for hydroxylation is 1. The van der Waals surface area contributed by atoms with Crippen LogP contribution in [0.1, 0.15) is 70.6 Å². The highest BCUT2D eigenvalue weighted by molar-refractivity contribution is 6.62. The first-order valence-corrected chi connectivity index (χ1v) is 8.12. The van der Waals surface area contributed by atoms with Gasteiger partial charge in [0.25, 0.3) is 0 Å². The van der Waals surface area contributed by atoms with Crippen molar-refractivity contribution in [2.75, 3.05) is 0 Å². The van der Waals surface area contributed by atoms with E-state index < -0.39 is 0 Å². The minimum Gasteiger partial charge on any atom is -0.399 e. The van der Waals surface area contributed by atoms with Gasteiger partial charge >= 0.3 is 7.12 Å². The lowest BCUT2D eigenvalue weighted by Crippen LogP contribution is -2.41. The molecule has 0 N–H and O–H groups in total. The van der Waals surface area contributed by atoms with E-state index in [0.29, 0.717) is 5.92 Å². The molecule has 1 aliphatic heterocycles. The molecule has 0 aromatic carbocycles. The van der Waals surface area contributed by atoms with Crippen LogP contribution in [-0.4, -0.2) is 23.3 Å². The van der Waals surface area contributed by atoms with Crippen molar-refractivity contribution < 1.29 is 9.31 Å². The van der Waals surface area contributed by atoms with E-state index in [0.717, 1.165) is 11.0 Å². The fraction of sp³-hybridized carbons (Fsp3) is 0.706. The molecular formula is C17H26BNO2. The van der Waals surface area contributed by atoms with Crippen molar-refractivity contribution in [3.63, 3.8) is 0 Å². The number of hydrogen-bond acceptors (Lipinski definition) is 3. The maximum absolute atomic E-state index is 6.20. The Morgan fingerprint density at radius 2 is 1.67 bits per heavy atom. The molecule has 2 aliphatic rings. The van der Waals surface area contributed by atoms with Crippen LogP contribution >= 0.6 is 0 Å². The first-order chi connectivity index (χ1) is 9.80. The molecular weight excluding hydrogens is 261 g/mol. The molecule has 0 bridgehead atoms. The van der Waals surface area contributed by atoms with Gasteiger partial charge in [0.1, 0.15) is 0 Å². The third-order valence-electron chi connectivity index (χ3n) is 5.45. The van der Waals surface area contributed by atoms with Crippen LogP contribution in [0.4, 0.5) is 0 Å². The van der Waals surface area contributed by atoms with Crippen LogP contribution in [0.2, 0.25) is 0 Å². The Kier molecular flexibility index (Phi) is 3.65. The number of hydrogen-bond donors (Lipinski definition) is 0. The summed E-state index contributed by atoms with van der Waals surface area (Å²) in [6.07, 6.45) is 7.16. The van der Waals surface area contributed by atoms with Gasteiger partial charge in [0.2, 0.25) is 0 Å². The summed E-state index contributed by atoms with van der Waals surface area (Å²) in [5.74, 6) is 0.617. The van der Waals surface area contributed by atoms with Gasteiger partial charge in [0.15, 0.2) is 0 Å². The molecule has 0 spiro atoms. The molecule has 3 nitrogen and oxygen atoms in total. The standard InChI is InChI=1S/C17H26BNO2/c1-12-11-19-15(13-8-6-7-9-13)10-14(12)18-20-16(2,3)17(4,5)21-18/h10-11,13H,6-9H2,1-5H3. The molecule has 1 saturated heterocycles. The summed E-state index contributed by atoms with van der Waals surface area (Å²) in [5, 5.41) is 0. The second kappa shape index (κ2) is 5.10. The third kappa shape index (κ3) is 2.64. The van der Waals surface area contributed by atoms with Crippen LogP contribution < -0.4 is 5.46 Å². The van der Waals surface area contributed by atoms with Crippen LogP contribution in [0.15, 0.2) is 12.3 Å². The molecule has 0 unspecified atom stereocenters. The molecule has 0 radical (unpaired) electrons. The summed E-state index contributed by atoms with van der Waals surface area (Å²) in [6.45, 7) is 10.5. The zero-order valence-electron chi connectivity index (χ0n) is 13.9. The minimum atomic E-state index is -0.291. The summed E-state index contributed by atoms with van der Waals surface area (Å²) in [6, 6.07) is 2.22. The second-order valence-corrected chi connectivity index (χ2v) is 7.54.